The summed E-state index contributed by atoms with van der Waals surface area (Å²) in [6.45, 7) is -0.125. The molecular formula is C12H25O11P. The molecule has 0 aromatic carbocycles. The van der Waals surface area contributed by atoms with Crippen molar-refractivity contribution >= 4 is 7.82 Å². The van der Waals surface area contributed by atoms with Crippen LogP contribution in [0.5, 0.6) is 0 Å². The van der Waals surface area contributed by atoms with E-state index in [2.05, 4.69) is 9.26 Å². The predicted molar refractivity (Wildman–Crippen MR) is 78.0 cm³/mol. The van der Waals surface area contributed by atoms with Gasteiger partial charge in [0, 0.05) is 7.11 Å². The van der Waals surface area contributed by atoms with Crippen molar-refractivity contribution in [1.29, 1.82) is 0 Å². The van der Waals surface area contributed by atoms with Crippen molar-refractivity contribution in [2.75, 3.05) is 26.9 Å². The Labute approximate surface area is 139 Å². The average molecular weight is 376 g/mol. The van der Waals surface area contributed by atoms with Crippen LogP contribution >= 0.6 is 7.82 Å². The number of rotatable bonds is 10. The van der Waals surface area contributed by atoms with Gasteiger partial charge in [-0.05, 0) is 6.92 Å². The van der Waals surface area contributed by atoms with E-state index >= 15 is 0 Å². The van der Waals surface area contributed by atoms with Gasteiger partial charge in [-0.2, -0.15) is 0 Å². The maximum absolute atomic E-state index is 11.9. The van der Waals surface area contributed by atoms with E-state index in [4.69, 9.17) is 14.4 Å². The molecule has 0 aromatic rings. The summed E-state index contributed by atoms with van der Waals surface area (Å²) in [6, 6.07) is 0. The van der Waals surface area contributed by atoms with Gasteiger partial charge in [-0.3, -0.25) is 9.05 Å². The second kappa shape index (κ2) is 9.51. The lowest BCUT2D eigenvalue weighted by Gasteiger charge is -2.25. The highest BCUT2D eigenvalue weighted by molar-refractivity contribution is 7.47. The van der Waals surface area contributed by atoms with Crippen molar-refractivity contribution in [3.05, 3.63) is 0 Å². The van der Waals surface area contributed by atoms with Crippen molar-refractivity contribution in [2.24, 2.45) is 0 Å². The highest BCUT2D eigenvalue weighted by Gasteiger charge is 2.46. The summed E-state index contributed by atoms with van der Waals surface area (Å²) >= 11 is 0. The topological polar surface area (TPSA) is 175 Å². The van der Waals surface area contributed by atoms with Crippen LogP contribution in [0.25, 0.3) is 0 Å². The molecule has 8 atom stereocenters. The van der Waals surface area contributed by atoms with E-state index < -0.39 is 63.8 Å². The quantitative estimate of drug-likeness (QED) is 0.220. The second-order valence-corrected chi connectivity index (χ2v) is 6.87. The molecule has 1 heterocycles. The van der Waals surface area contributed by atoms with Gasteiger partial charge in [0.05, 0.1) is 25.9 Å². The minimum atomic E-state index is -4.73. The number of hydrogen-bond donors (Lipinski definition) is 6. The lowest BCUT2D eigenvalue weighted by molar-refractivity contribution is -0.0961. The predicted octanol–water partition coefficient (Wildman–Crippen LogP) is -2.64. The zero-order valence-electron chi connectivity index (χ0n) is 13.3. The van der Waals surface area contributed by atoms with E-state index in [1.807, 2.05) is 0 Å². The molecule has 1 rings (SSSR count). The number of phosphoric ester groups is 1. The SMILES string of the molecule is COCC(O)C(O)C(O)COP(=O)(O)OC1C(CO)OC(C)C1O. The molecule has 12 heteroatoms. The van der Waals surface area contributed by atoms with E-state index in [0.717, 1.165) is 0 Å². The van der Waals surface area contributed by atoms with Crippen LogP contribution in [0.2, 0.25) is 0 Å². The Morgan fingerprint density at radius 2 is 1.79 bits per heavy atom. The summed E-state index contributed by atoms with van der Waals surface area (Å²) in [4.78, 5) is 9.65. The maximum Gasteiger partial charge on any atom is 0.472 e. The fraction of sp³-hybridized carbons (Fsp3) is 1.00. The van der Waals surface area contributed by atoms with Crippen LogP contribution in [0.3, 0.4) is 0 Å². The molecule has 1 saturated heterocycles. The van der Waals surface area contributed by atoms with Crippen molar-refractivity contribution in [3.8, 4) is 0 Å². The van der Waals surface area contributed by atoms with E-state index in [1.54, 1.807) is 0 Å². The molecule has 0 aliphatic carbocycles. The lowest BCUT2D eigenvalue weighted by atomic mass is 10.1. The fourth-order valence-corrected chi connectivity index (χ4v) is 3.15. The van der Waals surface area contributed by atoms with Crippen molar-refractivity contribution in [2.45, 2.75) is 49.7 Å². The maximum atomic E-state index is 11.9. The molecule has 6 N–H and O–H groups in total. The molecule has 1 aliphatic rings. The Kier molecular flexibility index (Phi) is 8.66. The number of methoxy groups -OCH3 is 1. The molecule has 1 fully saturated rings. The first-order valence-electron chi connectivity index (χ1n) is 7.26. The number of aliphatic hydroxyl groups is 5. The van der Waals surface area contributed by atoms with Crippen LogP contribution in [0.1, 0.15) is 6.92 Å². The van der Waals surface area contributed by atoms with E-state index in [0.29, 0.717) is 0 Å². The largest absolute Gasteiger partial charge is 0.472 e. The van der Waals surface area contributed by atoms with Gasteiger partial charge < -0.3 is 39.9 Å². The van der Waals surface area contributed by atoms with Crippen molar-refractivity contribution in [3.63, 3.8) is 0 Å². The number of aliphatic hydroxyl groups excluding tert-OH is 5. The Morgan fingerprint density at radius 1 is 1.21 bits per heavy atom. The van der Waals surface area contributed by atoms with Gasteiger partial charge in [0.15, 0.2) is 0 Å². The van der Waals surface area contributed by atoms with Crippen LogP contribution in [-0.4, -0.2) is 100 Å². The second-order valence-electron chi connectivity index (χ2n) is 5.47. The monoisotopic (exact) mass is 376 g/mol. The van der Waals surface area contributed by atoms with Crippen molar-refractivity contribution in [1.82, 2.24) is 0 Å². The number of hydrogen-bond acceptors (Lipinski definition) is 10. The molecular weight excluding hydrogens is 351 g/mol. The zero-order valence-corrected chi connectivity index (χ0v) is 14.2. The molecule has 1 aliphatic heterocycles. The van der Waals surface area contributed by atoms with Crippen LogP contribution in [0.4, 0.5) is 0 Å². The fourth-order valence-electron chi connectivity index (χ4n) is 2.18. The Balaban J connectivity index is 2.55. The molecule has 0 saturated carbocycles. The third kappa shape index (κ3) is 5.97. The minimum Gasteiger partial charge on any atom is -0.394 e. The van der Waals surface area contributed by atoms with Gasteiger partial charge in [0.25, 0.3) is 0 Å². The normalized spacial score (nSPS) is 33.8. The van der Waals surface area contributed by atoms with E-state index in [1.165, 1.54) is 14.0 Å². The molecule has 8 unspecified atom stereocenters. The first kappa shape index (κ1) is 21.9. The smallest absolute Gasteiger partial charge is 0.394 e. The summed E-state index contributed by atoms with van der Waals surface area (Å²) < 4.78 is 31.0. The highest BCUT2D eigenvalue weighted by Crippen LogP contribution is 2.47. The molecule has 11 nitrogen and oxygen atoms in total. The van der Waals surface area contributed by atoms with Gasteiger partial charge in [-0.15, -0.1) is 0 Å². The minimum absolute atomic E-state index is 0.257. The molecule has 0 amide bonds. The molecule has 144 valence electrons. The lowest BCUT2D eigenvalue weighted by Crippen LogP contribution is -2.42. The molecule has 0 radical (unpaired) electrons. The first-order chi connectivity index (χ1) is 11.1. The van der Waals surface area contributed by atoms with Gasteiger partial charge in [-0.25, -0.2) is 4.57 Å². The third-order valence-electron chi connectivity index (χ3n) is 3.54. The van der Waals surface area contributed by atoms with Crippen molar-refractivity contribution < 1.29 is 53.5 Å². The molecule has 0 aromatic heterocycles. The summed E-state index contributed by atoms with van der Waals surface area (Å²) in [6.07, 6.45) is -9.07. The summed E-state index contributed by atoms with van der Waals surface area (Å²) in [5.41, 5.74) is 0. The third-order valence-corrected chi connectivity index (χ3v) is 4.53. The van der Waals surface area contributed by atoms with Gasteiger partial charge in [-0.1, -0.05) is 0 Å². The van der Waals surface area contributed by atoms with E-state index in [-0.39, 0.29) is 6.61 Å². The van der Waals surface area contributed by atoms with Crippen LogP contribution in [-0.2, 0) is 23.1 Å². The Morgan fingerprint density at radius 3 is 2.33 bits per heavy atom. The zero-order chi connectivity index (χ0) is 18.5. The number of ether oxygens (including phenoxy) is 2. The summed E-state index contributed by atoms with van der Waals surface area (Å²) in [7, 11) is -3.45. The standard InChI is InChI=1S/C12H25O11P/c1-6-10(16)12(9(3-13)22-6)23-24(18,19)21-5-8(15)11(17)7(14)4-20-2/h6-17H,3-5H2,1-2H3,(H,18,19). The molecule has 0 bridgehead atoms. The van der Waals surface area contributed by atoms with Crippen LogP contribution in [0, 0.1) is 0 Å². The first-order valence-corrected chi connectivity index (χ1v) is 8.75. The van der Waals surface area contributed by atoms with E-state index in [9.17, 15) is 29.9 Å². The molecule has 24 heavy (non-hydrogen) atoms. The molecule has 0 spiro atoms. The van der Waals surface area contributed by atoms with Crippen LogP contribution in [0.15, 0.2) is 0 Å². The van der Waals surface area contributed by atoms with Crippen LogP contribution < -0.4 is 0 Å². The summed E-state index contributed by atoms with van der Waals surface area (Å²) in [5, 5.41) is 47.6. The van der Waals surface area contributed by atoms with Gasteiger partial charge >= 0.3 is 7.82 Å². The summed E-state index contributed by atoms with van der Waals surface area (Å²) in [5.74, 6) is 0. The number of phosphoric acid groups is 1. The Hall–Kier alpha value is -0.170. The average Bonchev–Trinajstić information content (AvgIpc) is 2.79. The Bertz CT molecular complexity index is 422. The van der Waals surface area contributed by atoms with Gasteiger partial charge in [0.1, 0.15) is 36.6 Å². The van der Waals surface area contributed by atoms with Gasteiger partial charge in [0.2, 0.25) is 0 Å². The highest BCUT2D eigenvalue weighted by atomic mass is 31.2.